The highest BCUT2D eigenvalue weighted by atomic mass is 16.5. The SMILES string of the molecule is CCCCCCCCC=CCCCCCCCC(=O)OC(CNCCCN(C)C)C(=O)CCCCCCCC=CCCCCCCCC. The van der Waals surface area contributed by atoms with Crippen LogP contribution < -0.4 is 5.32 Å². The van der Waals surface area contributed by atoms with Gasteiger partial charge in [-0.15, -0.1) is 0 Å². The minimum Gasteiger partial charge on any atom is -0.453 e. The largest absolute Gasteiger partial charge is 0.453 e. The molecule has 5 heteroatoms. The van der Waals surface area contributed by atoms with Gasteiger partial charge in [-0.3, -0.25) is 9.59 Å². The number of nitrogens with zero attached hydrogens (tertiary/aromatic N) is 1. The number of unbranched alkanes of at least 4 members (excludes halogenated alkanes) is 22. The number of allylic oxidation sites excluding steroid dienone is 4. The summed E-state index contributed by atoms with van der Waals surface area (Å²) < 4.78 is 5.76. The number of rotatable bonds is 38. The fourth-order valence-corrected chi connectivity index (χ4v) is 6.06. The maximum atomic E-state index is 13.1. The highest BCUT2D eigenvalue weighted by Gasteiger charge is 2.22. The van der Waals surface area contributed by atoms with E-state index in [0.717, 1.165) is 51.6 Å². The van der Waals surface area contributed by atoms with E-state index >= 15 is 0 Å². The van der Waals surface area contributed by atoms with Gasteiger partial charge in [0.2, 0.25) is 0 Å². The molecule has 0 bridgehead atoms. The van der Waals surface area contributed by atoms with Gasteiger partial charge in [-0.2, -0.15) is 0 Å². The number of hydrogen-bond donors (Lipinski definition) is 1. The van der Waals surface area contributed by atoms with Gasteiger partial charge in [0.05, 0.1) is 0 Å². The Kier molecular flexibility index (Phi) is 37.2. The molecule has 0 rings (SSSR count). The fraction of sp³-hybridized carbons (Fsp3) is 0.860. The van der Waals surface area contributed by atoms with Crippen molar-refractivity contribution in [1.82, 2.24) is 10.2 Å². The maximum absolute atomic E-state index is 13.1. The summed E-state index contributed by atoms with van der Waals surface area (Å²) in [4.78, 5) is 27.9. The van der Waals surface area contributed by atoms with Crippen molar-refractivity contribution in [2.75, 3.05) is 33.7 Å². The third kappa shape index (κ3) is 35.8. The van der Waals surface area contributed by atoms with Crippen LogP contribution >= 0.6 is 0 Å². The van der Waals surface area contributed by atoms with Crippen LogP contribution in [0.2, 0.25) is 0 Å². The van der Waals surface area contributed by atoms with E-state index in [1.54, 1.807) is 0 Å². The van der Waals surface area contributed by atoms with E-state index in [1.165, 1.54) is 135 Å². The lowest BCUT2D eigenvalue weighted by molar-refractivity contribution is -0.155. The molecule has 0 aliphatic carbocycles. The molecule has 0 fully saturated rings. The number of ketones is 1. The summed E-state index contributed by atoms with van der Waals surface area (Å²) in [6.07, 6.45) is 42.9. The summed E-state index contributed by atoms with van der Waals surface area (Å²) in [6.45, 7) is 6.78. The topological polar surface area (TPSA) is 58.6 Å². The van der Waals surface area contributed by atoms with Gasteiger partial charge in [0.15, 0.2) is 11.9 Å². The molecule has 1 atom stereocenters. The number of Topliss-reactive ketones (excluding diaryl/α,β-unsaturated/α-hetero) is 1. The second-order valence-corrected chi connectivity index (χ2v) is 14.5. The first-order valence-electron chi connectivity index (χ1n) is 20.9. The standard InChI is InChI=1S/C43H82N2O3/c1-5-7-9-11-13-15-17-19-21-23-25-27-29-31-33-36-41(46)42(40-44-38-35-39-45(3)4)48-43(47)37-34-32-30-28-26-24-22-20-18-16-14-12-10-8-6-2/h19-22,42,44H,5-18,23-40H2,1-4H3. The number of carbonyl (C=O) groups is 2. The summed E-state index contributed by atoms with van der Waals surface area (Å²) in [5.74, 6) is -0.142. The number of hydrogen-bond acceptors (Lipinski definition) is 5. The van der Waals surface area contributed by atoms with Gasteiger partial charge in [-0.1, -0.05) is 141 Å². The van der Waals surface area contributed by atoms with Gasteiger partial charge in [0.1, 0.15) is 0 Å². The van der Waals surface area contributed by atoms with Crippen LogP contribution in [-0.2, 0) is 14.3 Å². The first kappa shape index (κ1) is 46.5. The van der Waals surface area contributed by atoms with E-state index < -0.39 is 6.10 Å². The molecule has 0 heterocycles. The molecule has 1 unspecified atom stereocenters. The zero-order valence-corrected chi connectivity index (χ0v) is 32.7. The van der Waals surface area contributed by atoms with Crippen LogP contribution in [0, 0.1) is 0 Å². The van der Waals surface area contributed by atoms with Crippen molar-refractivity contribution in [2.24, 2.45) is 0 Å². The van der Waals surface area contributed by atoms with Crippen molar-refractivity contribution in [2.45, 2.75) is 206 Å². The Morgan fingerprint density at radius 1 is 0.542 bits per heavy atom. The van der Waals surface area contributed by atoms with Crippen LogP contribution in [0.25, 0.3) is 0 Å². The molecule has 0 amide bonds. The smallest absolute Gasteiger partial charge is 0.306 e. The molecule has 0 saturated carbocycles. The molecule has 5 nitrogen and oxygen atoms in total. The highest BCUT2D eigenvalue weighted by molar-refractivity contribution is 5.85. The van der Waals surface area contributed by atoms with E-state index in [0.29, 0.717) is 19.4 Å². The lowest BCUT2D eigenvalue weighted by Crippen LogP contribution is -2.38. The molecule has 0 aliphatic heterocycles. The third-order valence-corrected chi connectivity index (χ3v) is 9.25. The van der Waals surface area contributed by atoms with Crippen LogP contribution in [-0.4, -0.2) is 56.5 Å². The van der Waals surface area contributed by atoms with Crippen molar-refractivity contribution in [3.63, 3.8) is 0 Å². The van der Waals surface area contributed by atoms with E-state index in [9.17, 15) is 9.59 Å². The summed E-state index contributed by atoms with van der Waals surface area (Å²) >= 11 is 0. The third-order valence-electron chi connectivity index (χ3n) is 9.25. The predicted octanol–water partition coefficient (Wildman–Crippen LogP) is 12.1. The molecule has 0 spiro atoms. The van der Waals surface area contributed by atoms with Crippen molar-refractivity contribution in [3.05, 3.63) is 24.3 Å². The van der Waals surface area contributed by atoms with Gasteiger partial charge in [-0.05, 0) is 97.8 Å². The van der Waals surface area contributed by atoms with Crippen LogP contribution in [0.1, 0.15) is 200 Å². The van der Waals surface area contributed by atoms with Crippen LogP contribution in [0.3, 0.4) is 0 Å². The molecule has 0 aromatic rings. The van der Waals surface area contributed by atoms with Gasteiger partial charge >= 0.3 is 5.97 Å². The van der Waals surface area contributed by atoms with E-state index in [2.05, 4.69) is 62.5 Å². The molecule has 0 aromatic carbocycles. The Morgan fingerprint density at radius 2 is 0.938 bits per heavy atom. The quantitative estimate of drug-likeness (QED) is 0.0401. The minimum absolute atomic E-state index is 0.0747. The first-order valence-corrected chi connectivity index (χ1v) is 20.9. The molecular weight excluding hydrogens is 592 g/mol. The summed E-state index contributed by atoms with van der Waals surface area (Å²) in [5.41, 5.74) is 0. The van der Waals surface area contributed by atoms with Crippen LogP contribution in [0.4, 0.5) is 0 Å². The zero-order chi connectivity index (χ0) is 35.2. The monoisotopic (exact) mass is 675 g/mol. The summed E-state index contributed by atoms with van der Waals surface area (Å²) in [6, 6.07) is 0. The van der Waals surface area contributed by atoms with E-state index in [-0.39, 0.29) is 11.8 Å². The maximum Gasteiger partial charge on any atom is 0.306 e. The van der Waals surface area contributed by atoms with Gasteiger partial charge in [0, 0.05) is 19.4 Å². The zero-order valence-electron chi connectivity index (χ0n) is 32.7. The fourth-order valence-electron chi connectivity index (χ4n) is 6.06. The van der Waals surface area contributed by atoms with Crippen molar-refractivity contribution < 1.29 is 14.3 Å². The second kappa shape index (κ2) is 38.3. The van der Waals surface area contributed by atoms with Gasteiger partial charge in [-0.25, -0.2) is 0 Å². The molecular formula is C43H82N2O3. The van der Waals surface area contributed by atoms with Crippen LogP contribution in [0.5, 0.6) is 0 Å². The average Bonchev–Trinajstić information content (AvgIpc) is 3.07. The Balaban J connectivity index is 4.10. The summed E-state index contributed by atoms with van der Waals surface area (Å²) in [5, 5.41) is 3.37. The number of ether oxygens (including phenoxy) is 1. The molecule has 0 saturated heterocycles. The van der Waals surface area contributed by atoms with Crippen LogP contribution in [0.15, 0.2) is 24.3 Å². The predicted molar refractivity (Wildman–Crippen MR) is 210 cm³/mol. The Labute approximate surface area is 299 Å². The van der Waals surface area contributed by atoms with Gasteiger partial charge in [0.25, 0.3) is 0 Å². The Morgan fingerprint density at radius 3 is 1.38 bits per heavy atom. The molecule has 0 radical (unpaired) electrons. The lowest BCUT2D eigenvalue weighted by atomic mass is 10.0. The van der Waals surface area contributed by atoms with E-state index in [1.807, 2.05) is 0 Å². The molecule has 282 valence electrons. The van der Waals surface area contributed by atoms with Crippen molar-refractivity contribution in [1.29, 1.82) is 0 Å². The Bertz CT molecular complexity index is 748. The number of carbonyl (C=O) groups excluding carboxylic acids is 2. The minimum atomic E-state index is -0.656. The van der Waals surface area contributed by atoms with Crippen molar-refractivity contribution in [3.8, 4) is 0 Å². The second-order valence-electron chi connectivity index (χ2n) is 14.5. The average molecular weight is 675 g/mol. The molecule has 0 aliphatic rings. The number of esters is 1. The lowest BCUT2D eigenvalue weighted by Gasteiger charge is -2.18. The Hall–Kier alpha value is -1.46. The molecule has 48 heavy (non-hydrogen) atoms. The molecule has 0 aromatic heterocycles. The first-order chi connectivity index (χ1) is 23.5. The summed E-state index contributed by atoms with van der Waals surface area (Å²) in [7, 11) is 4.13. The number of nitrogens with one attached hydrogen (secondary N) is 1. The van der Waals surface area contributed by atoms with E-state index in [4.69, 9.17) is 4.74 Å². The van der Waals surface area contributed by atoms with Crippen molar-refractivity contribution >= 4 is 11.8 Å². The van der Waals surface area contributed by atoms with Gasteiger partial charge < -0.3 is 15.0 Å². The highest BCUT2D eigenvalue weighted by Crippen LogP contribution is 2.13. The molecule has 1 N–H and O–H groups in total. The normalized spacial score (nSPS) is 12.5.